The van der Waals surface area contributed by atoms with Crippen LogP contribution in [0.4, 0.5) is 4.39 Å². The van der Waals surface area contributed by atoms with Crippen molar-refractivity contribution in [3.63, 3.8) is 0 Å². The van der Waals surface area contributed by atoms with Gasteiger partial charge in [-0.2, -0.15) is 0 Å². The van der Waals surface area contributed by atoms with Crippen molar-refractivity contribution in [2.75, 3.05) is 0 Å². The lowest BCUT2D eigenvalue weighted by molar-refractivity contribution is 0.0734. The Labute approximate surface area is 105 Å². The average Bonchev–Trinajstić information content (AvgIpc) is 2.28. The van der Waals surface area contributed by atoms with Gasteiger partial charge in [-0.1, -0.05) is 6.07 Å². The van der Waals surface area contributed by atoms with Crippen LogP contribution in [0.1, 0.15) is 21.5 Å². The molecule has 18 heavy (non-hydrogen) atoms. The van der Waals surface area contributed by atoms with Gasteiger partial charge in [-0.05, 0) is 61.4 Å². The average molecular weight is 244 g/mol. The first-order valence-corrected chi connectivity index (χ1v) is 5.60. The Kier molecular flexibility index (Phi) is 3.42. The Morgan fingerprint density at radius 1 is 1.00 bits per heavy atom. The third-order valence-electron chi connectivity index (χ3n) is 2.49. The molecule has 0 radical (unpaired) electrons. The van der Waals surface area contributed by atoms with E-state index in [4.69, 9.17) is 4.74 Å². The van der Waals surface area contributed by atoms with E-state index in [1.54, 1.807) is 12.1 Å². The predicted molar refractivity (Wildman–Crippen MR) is 67.3 cm³/mol. The van der Waals surface area contributed by atoms with Crippen molar-refractivity contribution in [1.29, 1.82) is 0 Å². The molecule has 0 N–H and O–H groups in total. The molecule has 0 aliphatic carbocycles. The largest absolute Gasteiger partial charge is 0.423 e. The van der Waals surface area contributed by atoms with Gasteiger partial charge in [-0.3, -0.25) is 0 Å². The molecule has 0 fully saturated rings. The minimum atomic E-state index is -0.486. The van der Waals surface area contributed by atoms with Gasteiger partial charge in [0.2, 0.25) is 0 Å². The Bertz CT molecular complexity index is 553. The Hall–Kier alpha value is -2.16. The predicted octanol–water partition coefficient (Wildman–Crippen LogP) is 3.66. The van der Waals surface area contributed by atoms with E-state index in [0.717, 1.165) is 11.1 Å². The SMILES string of the molecule is Cc1cc(C)cc(OC(=O)c2ccc(F)cc2)c1. The van der Waals surface area contributed by atoms with E-state index in [1.165, 1.54) is 24.3 Å². The summed E-state index contributed by atoms with van der Waals surface area (Å²) in [6.07, 6.45) is 0. The molecule has 92 valence electrons. The normalized spacial score (nSPS) is 10.2. The molecule has 0 unspecified atom stereocenters. The summed E-state index contributed by atoms with van der Waals surface area (Å²) >= 11 is 0. The lowest BCUT2D eigenvalue weighted by atomic mass is 10.1. The number of benzene rings is 2. The number of ether oxygens (including phenoxy) is 1. The van der Waals surface area contributed by atoms with Crippen molar-refractivity contribution < 1.29 is 13.9 Å². The summed E-state index contributed by atoms with van der Waals surface area (Å²) in [5, 5.41) is 0. The molecule has 2 aromatic carbocycles. The molecule has 0 saturated heterocycles. The van der Waals surface area contributed by atoms with Gasteiger partial charge in [0.15, 0.2) is 0 Å². The number of aryl methyl sites for hydroxylation is 2. The van der Waals surface area contributed by atoms with Crippen LogP contribution in [-0.2, 0) is 0 Å². The molecule has 2 rings (SSSR count). The first kappa shape index (κ1) is 12.3. The monoisotopic (exact) mass is 244 g/mol. The number of carbonyl (C=O) groups excluding carboxylic acids is 1. The van der Waals surface area contributed by atoms with Crippen LogP contribution in [0.5, 0.6) is 5.75 Å². The minimum absolute atomic E-state index is 0.329. The molecule has 0 saturated carbocycles. The third-order valence-corrected chi connectivity index (χ3v) is 2.49. The van der Waals surface area contributed by atoms with E-state index in [0.29, 0.717) is 11.3 Å². The van der Waals surface area contributed by atoms with Crippen molar-refractivity contribution in [3.05, 3.63) is 65.0 Å². The van der Waals surface area contributed by atoms with Gasteiger partial charge >= 0.3 is 5.97 Å². The fourth-order valence-corrected chi connectivity index (χ4v) is 1.74. The highest BCUT2D eigenvalue weighted by atomic mass is 19.1. The van der Waals surface area contributed by atoms with Crippen LogP contribution in [0.25, 0.3) is 0 Å². The smallest absolute Gasteiger partial charge is 0.343 e. The van der Waals surface area contributed by atoms with Crippen molar-refractivity contribution in [2.45, 2.75) is 13.8 Å². The molecule has 0 bridgehead atoms. The van der Waals surface area contributed by atoms with Crippen LogP contribution in [0, 0.1) is 19.7 Å². The van der Waals surface area contributed by atoms with Gasteiger partial charge in [0.1, 0.15) is 11.6 Å². The lowest BCUT2D eigenvalue weighted by Gasteiger charge is -2.06. The molecular formula is C15H13FO2. The molecule has 0 aliphatic heterocycles. The molecule has 0 heterocycles. The van der Waals surface area contributed by atoms with Crippen molar-refractivity contribution >= 4 is 5.97 Å². The van der Waals surface area contributed by atoms with E-state index >= 15 is 0 Å². The second-order valence-corrected chi connectivity index (χ2v) is 4.22. The summed E-state index contributed by atoms with van der Waals surface area (Å²) in [7, 11) is 0. The maximum absolute atomic E-state index is 12.7. The van der Waals surface area contributed by atoms with E-state index in [-0.39, 0.29) is 5.82 Å². The number of esters is 1. The quantitative estimate of drug-likeness (QED) is 0.595. The summed E-state index contributed by atoms with van der Waals surface area (Å²) in [6.45, 7) is 3.87. The van der Waals surface area contributed by atoms with Crippen LogP contribution >= 0.6 is 0 Å². The molecule has 3 heteroatoms. The summed E-state index contributed by atoms with van der Waals surface area (Å²) in [5.41, 5.74) is 2.38. The molecule has 0 spiro atoms. The fourth-order valence-electron chi connectivity index (χ4n) is 1.74. The van der Waals surface area contributed by atoms with Gasteiger partial charge < -0.3 is 4.74 Å². The molecule has 0 amide bonds. The maximum Gasteiger partial charge on any atom is 0.343 e. The maximum atomic E-state index is 12.7. The van der Waals surface area contributed by atoms with Gasteiger partial charge in [-0.25, -0.2) is 9.18 Å². The molecule has 0 aromatic heterocycles. The zero-order chi connectivity index (χ0) is 13.1. The minimum Gasteiger partial charge on any atom is -0.423 e. The first-order chi connectivity index (χ1) is 8.54. The summed E-state index contributed by atoms with van der Waals surface area (Å²) in [6, 6.07) is 10.8. The van der Waals surface area contributed by atoms with Gasteiger partial charge in [-0.15, -0.1) is 0 Å². The van der Waals surface area contributed by atoms with Crippen molar-refractivity contribution in [3.8, 4) is 5.75 Å². The molecule has 0 atom stereocenters. The van der Waals surface area contributed by atoms with E-state index in [9.17, 15) is 9.18 Å². The number of hydrogen-bond acceptors (Lipinski definition) is 2. The fraction of sp³-hybridized carbons (Fsp3) is 0.133. The van der Waals surface area contributed by atoms with Gasteiger partial charge in [0.05, 0.1) is 5.56 Å². The number of carbonyl (C=O) groups is 1. The molecule has 2 nitrogen and oxygen atoms in total. The van der Waals surface area contributed by atoms with E-state index < -0.39 is 5.97 Å². The Morgan fingerprint density at radius 3 is 2.11 bits per heavy atom. The highest BCUT2D eigenvalue weighted by Gasteiger charge is 2.09. The van der Waals surface area contributed by atoms with Crippen LogP contribution in [-0.4, -0.2) is 5.97 Å². The lowest BCUT2D eigenvalue weighted by Crippen LogP contribution is -2.08. The Balaban J connectivity index is 2.18. The number of rotatable bonds is 2. The van der Waals surface area contributed by atoms with Gasteiger partial charge in [0, 0.05) is 0 Å². The molecule has 2 aromatic rings. The summed E-state index contributed by atoms with van der Waals surface area (Å²) in [5.74, 6) is -0.361. The van der Waals surface area contributed by atoms with Crippen LogP contribution in [0.3, 0.4) is 0 Å². The third kappa shape index (κ3) is 2.94. The zero-order valence-electron chi connectivity index (χ0n) is 10.2. The highest BCUT2D eigenvalue weighted by Crippen LogP contribution is 2.17. The summed E-state index contributed by atoms with van der Waals surface area (Å²) < 4.78 is 18.0. The topological polar surface area (TPSA) is 26.3 Å². The number of halogens is 1. The standard InChI is InChI=1S/C15H13FO2/c1-10-7-11(2)9-14(8-10)18-15(17)12-3-5-13(16)6-4-12/h3-9H,1-2H3. The summed E-state index contributed by atoms with van der Waals surface area (Å²) in [4.78, 5) is 11.8. The van der Waals surface area contributed by atoms with Crippen molar-refractivity contribution in [2.24, 2.45) is 0 Å². The van der Waals surface area contributed by atoms with Crippen molar-refractivity contribution in [1.82, 2.24) is 0 Å². The van der Waals surface area contributed by atoms with Gasteiger partial charge in [0.25, 0.3) is 0 Å². The molecular weight excluding hydrogens is 231 g/mol. The van der Waals surface area contributed by atoms with Crippen LogP contribution < -0.4 is 4.74 Å². The second kappa shape index (κ2) is 5.00. The molecule has 0 aliphatic rings. The zero-order valence-corrected chi connectivity index (χ0v) is 10.2. The highest BCUT2D eigenvalue weighted by molar-refractivity contribution is 5.91. The first-order valence-electron chi connectivity index (χ1n) is 5.60. The van der Waals surface area contributed by atoms with Crippen LogP contribution in [0.15, 0.2) is 42.5 Å². The Morgan fingerprint density at radius 2 is 1.56 bits per heavy atom. The van der Waals surface area contributed by atoms with Crippen LogP contribution in [0.2, 0.25) is 0 Å². The van der Waals surface area contributed by atoms with E-state index in [2.05, 4.69) is 0 Å². The second-order valence-electron chi connectivity index (χ2n) is 4.22. The number of hydrogen-bond donors (Lipinski definition) is 0. The van der Waals surface area contributed by atoms with E-state index in [1.807, 2.05) is 19.9 Å².